The number of aromatic nitrogens is 2. The maximum Gasteiger partial charge on any atom is 0.273 e. The van der Waals surface area contributed by atoms with Crippen molar-refractivity contribution in [1.29, 1.82) is 0 Å². The van der Waals surface area contributed by atoms with E-state index in [0.717, 1.165) is 26.2 Å². The molecular weight excluding hydrogens is 386 g/mol. The van der Waals surface area contributed by atoms with E-state index in [-0.39, 0.29) is 5.91 Å². The Labute approximate surface area is 163 Å². The zero-order chi connectivity index (χ0) is 18.1. The van der Waals surface area contributed by atoms with Gasteiger partial charge in [0.25, 0.3) is 5.91 Å². The molecule has 1 amide bonds. The molecule has 3 heterocycles. The highest BCUT2D eigenvalue weighted by Gasteiger charge is 2.18. The summed E-state index contributed by atoms with van der Waals surface area (Å²) < 4.78 is 0.856. The van der Waals surface area contributed by atoms with E-state index in [0.29, 0.717) is 17.1 Å². The summed E-state index contributed by atoms with van der Waals surface area (Å²) in [4.78, 5) is 13.3. The van der Waals surface area contributed by atoms with Crippen molar-refractivity contribution in [2.45, 2.75) is 6.42 Å². The summed E-state index contributed by atoms with van der Waals surface area (Å²) in [6, 6.07) is 11.9. The second-order valence-electron chi connectivity index (χ2n) is 5.74. The molecular formula is C19H14ClN3OS2. The van der Waals surface area contributed by atoms with Crippen LogP contribution >= 0.6 is 34.3 Å². The quantitative estimate of drug-likeness (QED) is 0.524. The number of amides is 1. The maximum atomic E-state index is 12.2. The molecule has 4 nitrogen and oxygen atoms in total. The van der Waals surface area contributed by atoms with Crippen LogP contribution in [0.2, 0.25) is 5.02 Å². The largest absolute Gasteiger partial charge is 0.354 e. The van der Waals surface area contributed by atoms with Gasteiger partial charge in [-0.3, -0.25) is 4.79 Å². The molecule has 0 aliphatic carbocycles. The standard InChI is InChI=1S/C19H14ClN3OS2/c1-21-19(24)17-18-14(15(22-23-17)8-11-6-7-25-10-11)9-16(26-18)12-2-4-13(20)5-3-12/h2-7,9-10H,8H2,1H3,(H,21,24). The lowest BCUT2D eigenvalue weighted by molar-refractivity contribution is 0.0959. The SMILES string of the molecule is CNC(=O)c1nnc(Cc2ccsc2)c2cc(-c3ccc(Cl)cc3)sc12. The zero-order valence-corrected chi connectivity index (χ0v) is 16.2. The predicted octanol–water partition coefficient (Wildman–Crippen LogP) is 5.02. The fourth-order valence-electron chi connectivity index (χ4n) is 2.73. The van der Waals surface area contributed by atoms with Crippen molar-refractivity contribution in [2.75, 3.05) is 7.05 Å². The van der Waals surface area contributed by atoms with E-state index in [1.165, 1.54) is 5.56 Å². The summed E-state index contributed by atoms with van der Waals surface area (Å²) in [5, 5.41) is 17.0. The van der Waals surface area contributed by atoms with Crippen LogP contribution in [0.15, 0.2) is 47.2 Å². The van der Waals surface area contributed by atoms with Crippen molar-refractivity contribution in [3.8, 4) is 10.4 Å². The molecule has 0 unspecified atom stereocenters. The summed E-state index contributed by atoms with van der Waals surface area (Å²) in [6.07, 6.45) is 0.692. The van der Waals surface area contributed by atoms with E-state index in [1.54, 1.807) is 29.7 Å². The Morgan fingerprint density at radius 3 is 2.69 bits per heavy atom. The van der Waals surface area contributed by atoms with E-state index < -0.39 is 0 Å². The minimum atomic E-state index is -0.228. The molecule has 130 valence electrons. The second kappa shape index (κ2) is 7.15. The van der Waals surface area contributed by atoms with Crippen LogP contribution in [0.1, 0.15) is 21.7 Å². The monoisotopic (exact) mass is 399 g/mol. The number of nitrogens with zero attached hydrogens (tertiary/aromatic N) is 2. The molecule has 0 saturated carbocycles. The van der Waals surface area contributed by atoms with Crippen molar-refractivity contribution in [1.82, 2.24) is 15.5 Å². The average molecular weight is 400 g/mol. The number of rotatable bonds is 4. The van der Waals surface area contributed by atoms with Gasteiger partial charge in [0.2, 0.25) is 0 Å². The second-order valence-corrected chi connectivity index (χ2v) is 8.01. The lowest BCUT2D eigenvalue weighted by atomic mass is 10.1. The Kier molecular flexibility index (Phi) is 4.72. The Hall–Kier alpha value is -2.28. The highest BCUT2D eigenvalue weighted by Crippen LogP contribution is 2.37. The van der Waals surface area contributed by atoms with E-state index in [9.17, 15) is 4.79 Å². The van der Waals surface area contributed by atoms with Crippen LogP contribution in [-0.4, -0.2) is 23.2 Å². The smallest absolute Gasteiger partial charge is 0.273 e. The summed E-state index contributed by atoms with van der Waals surface area (Å²) >= 11 is 9.21. The van der Waals surface area contributed by atoms with E-state index in [1.807, 2.05) is 29.6 Å². The number of nitrogens with one attached hydrogen (secondary N) is 1. The number of thiophene rings is 2. The highest BCUT2D eigenvalue weighted by atomic mass is 35.5. The molecule has 4 aromatic rings. The molecule has 0 aliphatic rings. The van der Waals surface area contributed by atoms with Gasteiger partial charge in [0, 0.05) is 28.8 Å². The summed E-state index contributed by atoms with van der Waals surface area (Å²) in [7, 11) is 1.60. The average Bonchev–Trinajstić information content (AvgIpc) is 3.32. The van der Waals surface area contributed by atoms with Gasteiger partial charge >= 0.3 is 0 Å². The maximum absolute atomic E-state index is 12.2. The fraction of sp³-hybridized carbons (Fsp3) is 0.105. The molecule has 3 aromatic heterocycles. The number of halogens is 1. The van der Waals surface area contributed by atoms with E-state index >= 15 is 0 Å². The number of hydrogen-bond donors (Lipinski definition) is 1. The summed E-state index contributed by atoms with van der Waals surface area (Å²) in [5.74, 6) is -0.228. The van der Waals surface area contributed by atoms with Crippen molar-refractivity contribution < 1.29 is 4.79 Å². The van der Waals surface area contributed by atoms with E-state index in [2.05, 4.69) is 33.0 Å². The third-order valence-electron chi connectivity index (χ3n) is 4.05. The van der Waals surface area contributed by atoms with Gasteiger partial charge in [-0.1, -0.05) is 23.7 Å². The first-order valence-corrected chi connectivity index (χ1v) is 10.1. The summed E-state index contributed by atoms with van der Waals surface area (Å²) in [6.45, 7) is 0. The first-order chi connectivity index (χ1) is 12.7. The van der Waals surface area contributed by atoms with Gasteiger partial charge in [-0.05, 0) is 46.2 Å². The molecule has 0 saturated heterocycles. The molecule has 1 N–H and O–H groups in total. The van der Waals surface area contributed by atoms with Crippen molar-refractivity contribution in [2.24, 2.45) is 0 Å². The number of fused-ring (bicyclic) bond motifs is 1. The zero-order valence-electron chi connectivity index (χ0n) is 13.8. The molecule has 0 fully saturated rings. The van der Waals surface area contributed by atoms with Crippen LogP contribution in [0, 0.1) is 0 Å². The van der Waals surface area contributed by atoms with Gasteiger partial charge in [-0.2, -0.15) is 16.4 Å². The minimum absolute atomic E-state index is 0.228. The normalized spacial score (nSPS) is 11.0. The van der Waals surface area contributed by atoms with Crippen molar-refractivity contribution in [3.63, 3.8) is 0 Å². The number of carbonyl (C=O) groups is 1. The fourth-order valence-corrected chi connectivity index (χ4v) is 4.69. The Balaban J connectivity index is 1.88. The molecule has 0 aliphatic heterocycles. The van der Waals surface area contributed by atoms with Crippen molar-refractivity contribution in [3.05, 3.63) is 69.1 Å². The molecule has 26 heavy (non-hydrogen) atoms. The molecule has 0 spiro atoms. The van der Waals surface area contributed by atoms with Gasteiger partial charge in [0.15, 0.2) is 5.69 Å². The topological polar surface area (TPSA) is 54.9 Å². The Morgan fingerprint density at radius 1 is 1.19 bits per heavy atom. The van der Waals surface area contributed by atoms with Crippen molar-refractivity contribution >= 4 is 50.3 Å². The minimum Gasteiger partial charge on any atom is -0.354 e. The molecule has 0 atom stereocenters. The van der Waals surface area contributed by atoms with Crippen LogP contribution in [0.5, 0.6) is 0 Å². The van der Waals surface area contributed by atoms with Crippen LogP contribution in [-0.2, 0) is 6.42 Å². The number of benzene rings is 1. The number of carbonyl (C=O) groups excluding carboxylic acids is 1. The van der Waals surface area contributed by atoms with Gasteiger partial charge in [0.05, 0.1) is 10.4 Å². The predicted molar refractivity (Wildman–Crippen MR) is 108 cm³/mol. The first-order valence-electron chi connectivity index (χ1n) is 7.94. The lowest BCUT2D eigenvalue weighted by Gasteiger charge is -2.04. The van der Waals surface area contributed by atoms with Crippen LogP contribution in [0.4, 0.5) is 0 Å². The molecule has 7 heteroatoms. The molecule has 0 radical (unpaired) electrons. The number of hydrogen-bond acceptors (Lipinski definition) is 5. The highest BCUT2D eigenvalue weighted by molar-refractivity contribution is 7.22. The third kappa shape index (κ3) is 3.23. The summed E-state index contributed by atoms with van der Waals surface area (Å²) in [5.41, 5.74) is 3.49. The lowest BCUT2D eigenvalue weighted by Crippen LogP contribution is -2.20. The van der Waals surface area contributed by atoms with Crippen LogP contribution in [0.3, 0.4) is 0 Å². The van der Waals surface area contributed by atoms with Crippen LogP contribution < -0.4 is 5.32 Å². The molecule has 0 bridgehead atoms. The molecule has 1 aromatic carbocycles. The first kappa shape index (κ1) is 17.1. The Bertz CT molecular complexity index is 1070. The van der Waals surface area contributed by atoms with Crippen LogP contribution in [0.25, 0.3) is 20.5 Å². The van der Waals surface area contributed by atoms with Gasteiger partial charge in [-0.25, -0.2) is 0 Å². The van der Waals surface area contributed by atoms with Gasteiger partial charge in [0.1, 0.15) is 0 Å². The third-order valence-corrected chi connectivity index (χ3v) is 6.23. The van der Waals surface area contributed by atoms with Gasteiger partial charge < -0.3 is 5.32 Å². The molecule has 4 rings (SSSR count). The van der Waals surface area contributed by atoms with Gasteiger partial charge in [-0.15, -0.1) is 16.4 Å². The Morgan fingerprint density at radius 2 is 2.00 bits per heavy atom. The van der Waals surface area contributed by atoms with E-state index in [4.69, 9.17) is 11.6 Å².